The molecule has 0 bridgehead atoms. The SMILES string of the molecule is CC1CC(C)N(CC2C(O)C(C)(C)OC2(C)C)C1. The summed E-state index contributed by atoms with van der Waals surface area (Å²) in [6.07, 6.45) is 0.892. The van der Waals surface area contributed by atoms with Crippen molar-refractivity contribution in [2.24, 2.45) is 11.8 Å². The van der Waals surface area contributed by atoms with E-state index in [-0.39, 0.29) is 17.6 Å². The molecule has 2 aliphatic heterocycles. The first-order valence-electron chi connectivity index (χ1n) is 7.26. The van der Waals surface area contributed by atoms with Crippen LogP contribution in [-0.4, -0.2) is 46.4 Å². The minimum Gasteiger partial charge on any atom is -0.390 e. The van der Waals surface area contributed by atoms with Crippen molar-refractivity contribution >= 4 is 0 Å². The van der Waals surface area contributed by atoms with Crippen LogP contribution in [0.5, 0.6) is 0 Å². The number of aliphatic hydroxyl groups excluding tert-OH is 1. The van der Waals surface area contributed by atoms with Crippen LogP contribution in [0.4, 0.5) is 0 Å². The highest BCUT2D eigenvalue weighted by Gasteiger charge is 2.53. The van der Waals surface area contributed by atoms with Gasteiger partial charge in [0.1, 0.15) is 0 Å². The number of likely N-dealkylation sites (tertiary alicyclic amines) is 1. The summed E-state index contributed by atoms with van der Waals surface area (Å²) < 4.78 is 6.06. The van der Waals surface area contributed by atoms with Gasteiger partial charge in [0.25, 0.3) is 0 Å². The van der Waals surface area contributed by atoms with Gasteiger partial charge in [-0.2, -0.15) is 0 Å². The molecule has 0 radical (unpaired) electrons. The minimum absolute atomic E-state index is 0.195. The maximum Gasteiger partial charge on any atom is 0.0896 e. The van der Waals surface area contributed by atoms with Crippen LogP contribution in [0, 0.1) is 11.8 Å². The molecule has 0 saturated carbocycles. The third-order valence-corrected chi connectivity index (χ3v) is 4.86. The van der Waals surface area contributed by atoms with E-state index in [1.807, 2.05) is 13.8 Å². The fourth-order valence-electron chi connectivity index (χ4n) is 3.89. The molecule has 1 N–H and O–H groups in total. The van der Waals surface area contributed by atoms with Gasteiger partial charge in [-0.3, -0.25) is 4.90 Å². The van der Waals surface area contributed by atoms with Gasteiger partial charge in [-0.15, -0.1) is 0 Å². The van der Waals surface area contributed by atoms with Crippen molar-refractivity contribution in [3.8, 4) is 0 Å². The summed E-state index contributed by atoms with van der Waals surface area (Å²) in [6, 6.07) is 0.631. The number of nitrogens with zero attached hydrogens (tertiary/aromatic N) is 1. The van der Waals surface area contributed by atoms with Gasteiger partial charge in [-0.05, 0) is 47.0 Å². The molecule has 0 aromatic carbocycles. The molecule has 4 atom stereocenters. The van der Waals surface area contributed by atoms with Crippen molar-refractivity contribution in [2.45, 2.75) is 71.3 Å². The molecule has 3 nitrogen and oxygen atoms in total. The second-order valence-electron chi connectivity index (χ2n) is 7.50. The average molecular weight is 255 g/mol. The number of aliphatic hydroxyl groups is 1. The number of hydrogen-bond donors (Lipinski definition) is 1. The molecule has 0 aromatic heterocycles. The predicted molar refractivity (Wildman–Crippen MR) is 73.6 cm³/mol. The zero-order valence-electron chi connectivity index (χ0n) is 12.7. The van der Waals surface area contributed by atoms with E-state index in [1.165, 1.54) is 6.42 Å². The summed E-state index contributed by atoms with van der Waals surface area (Å²) in [7, 11) is 0. The van der Waals surface area contributed by atoms with Crippen molar-refractivity contribution in [3.63, 3.8) is 0 Å². The summed E-state index contributed by atoms with van der Waals surface area (Å²) in [6.45, 7) is 14.9. The molecular weight excluding hydrogens is 226 g/mol. The molecule has 2 aliphatic rings. The molecule has 4 unspecified atom stereocenters. The van der Waals surface area contributed by atoms with Crippen LogP contribution in [-0.2, 0) is 4.74 Å². The quantitative estimate of drug-likeness (QED) is 0.821. The lowest BCUT2D eigenvalue weighted by Crippen LogP contribution is -2.44. The Bertz CT molecular complexity index is 314. The minimum atomic E-state index is -0.428. The zero-order valence-corrected chi connectivity index (χ0v) is 12.7. The molecular formula is C15H29NO2. The van der Waals surface area contributed by atoms with Crippen LogP contribution >= 0.6 is 0 Å². The molecule has 106 valence electrons. The van der Waals surface area contributed by atoms with Gasteiger partial charge in [-0.1, -0.05) is 6.92 Å². The number of ether oxygens (including phenoxy) is 1. The topological polar surface area (TPSA) is 32.7 Å². The Labute approximate surface area is 112 Å². The lowest BCUT2D eigenvalue weighted by molar-refractivity contribution is -0.0914. The molecule has 18 heavy (non-hydrogen) atoms. The average Bonchev–Trinajstić information content (AvgIpc) is 2.57. The highest BCUT2D eigenvalue weighted by Crippen LogP contribution is 2.43. The van der Waals surface area contributed by atoms with E-state index in [0.29, 0.717) is 6.04 Å². The standard InChI is InChI=1S/C15H29NO2/c1-10-7-11(2)16(8-10)9-12-13(17)15(5,6)18-14(12,3)4/h10-13,17H,7-9H2,1-6H3. The van der Waals surface area contributed by atoms with E-state index in [9.17, 15) is 5.11 Å². The second kappa shape index (κ2) is 4.46. The van der Waals surface area contributed by atoms with Gasteiger partial charge in [-0.25, -0.2) is 0 Å². The first kappa shape index (κ1) is 14.3. The molecule has 2 heterocycles. The van der Waals surface area contributed by atoms with Crippen LogP contribution in [0.3, 0.4) is 0 Å². The van der Waals surface area contributed by atoms with Crippen molar-refractivity contribution in [1.29, 1.82) is 0 Å². The van der Waals surface area contributed by atoms with E-state index in [1.54, 1.807) is 0 Å². The number of hydrogen-bond acceptors (Lipinski definition) is 3. The Morgan fingerprint density at radius 1 is 1.17 bits per heavy atom. The fraction of sp³-hybridized carbons (Fsp3) is 1.00. The Morgan fingerprint density at radius 3 is 2.17 bits per heavy atom. The summed E-state index contributed by atoms with van der Waals surface area (Å²) in [5.41, 5.74) is -0.669. The first-order chi connectivity index (χ1) is 8.13. The normalized spacial score (nSPS) is 43.5. The first-order valence-corrected chi connectivity index (χ1v) is 7.26. The van der Waals surface area contributed by atoms with E-state index in [2.05, 4.69) is 32.6 Å². The van der Waals surface area contributed by atoms with Crippen molar-refractivity contribution in [3.05, 3.63) is 0 Å². The van der Waals surface area contributed by atoms with Crippen molar-refractivity contribution < 1.29 is 9.84 Å². The molecule has 2 saturated heterocycles. The lowest BCUT2D eigenvalue weighted by atomic mass is 9.84. The van der Waals surface area contributed by atoms with E-state index in [4.69, 9.17) is 4.74 Å². The largest absolute Gasteiger partial charge is 0.390 e. The molecule has 2 rings (SSSR count). The Balaban J connectivity index is 2.09. The lowest BCUT2D eigenvalue weighted by Gasteiger charge is -2.32. The van der Waals surface area contributed by atoms with Crippen molar-refractivity contribution in [2.75, 3.05) is 13.1 Å². The van der Waals surface area contributed by atoms with Gasteiger partial charge in [0, 0.05) is 25.0 Å². The summed E-state index contributed by atoms with van der Waals surface area (Å²) in [5.74, 6) is 0.968. The van der Waals surface area contributed by atoms with Crippen LogP contribution < -0.4 is 0 Å². The Hall–Kier alpha value is -0.120. The van der Waals surface area contributed by atoms with Gasteiger partial charge < -0.3 is 9.84 Å². The van der Waals surface area contributed by atoms with Gasteiger partial charge in [0.05, 0.1) is 17.3 Å². The van der Waals surface area contributed by atoms with Gasteiger partial charge >= 0.3 is 0 Å². The van der Waals surface area contributed by atoms with E-state index in [0.717, 1.165) is 19.0 Å². The smallest absolute Gasteiger partial charge is 0.0896 e. The molecule has 0 aromatic rings. The van der Waals surface area contributed by atoms with Crippen LogP contribution in [0.25, 0.3) is 0 Å². The summed E-state index contributed by atoms with van der Waals surface area (Å²) >= 11 is 0. The molecule has 2 fully saturated rings. The van der Waals surface area contributed by atoms with Crippen LogP contribution in [0.15, 0.2) is 0 Å². The third kappa shape index (κ3) is 2.45. The number of rotatable bonds is 2. The monoisotopic (exact) mass is 255 g/mol. The van der Waals surface area contributed by atoms with Crippen LogP contribution in [0.2, 0.25) is 0 Å². The maximum absolute atomic E-state index is 10.5. The highest BCUT2D eigenvalue weighted by molar-refractivity contribution is 5.03. The predicted octanol–water partition coefficient (Wildman–Crippen LogP) is 2.28. The van der Waals surface area contributed by atoms with Crippen molar-refractivity contribution in [1.82, 2.24) is 4.90 Å². The maximum atomic E-state index is 10.5. The molecule has 0 aliphatic carbocycles. The molecule has 3 heteroatoms. The van der Waals surface area contributed by atoms with Gasteiger partial charge in [0.15, 0.2) is 0 Å². The summed E-state index contributed by atoms with van der Waals surface area (Å²) in [4.78, 5) is 2.52. The molecule has 0 amide bonds. The van der Waals surface area contributed by atoms with Gasteiger partial charge in [0.2, 0.25) is 0 Å². The Kier molecular flexibility index (Phi) is 3.54. The third-order valence-electron chi connectivity index (χ3n) is 4.86. The van der Waals surface area contributed by atoms with E-state index < -0.39 is 5.60 Å². The van der Waals surface area contributed by atoms with Crippen LogP contribution in [0.1, 0.15) is 48.0 Å². The second-order valence-corrected chi connectivity index (χ2v) is 7.50. The summed E-state index contributed by atoms with van der Waals surface area (Å²) in [5, 5.41) is 10.5. The molecule has 0 spiro atoms. The Morgan fingerprint density at radius 2 is 1.78 bits per heavy atom. The fourth-order valence-corrected chi connectivity index (χ4v) is 3.89. The highest BCUT2D eigenvalue weighted by atomic mass is 16.5. The zero-order chi connectivity index (χ0) is 13.7. The van der Waals surface area contributed by atoms with E-state index >= 15 is 0 Å².